The van der Waals surface area contributed by atoms with Gasteiger partial charge in [0.1, 0.15) is 24.4 Å². The molecule has 0 aliphatic heterocycles. The summed E-state index contributed by atoms with van der Waals surface area (Å²) in [6.07, 6.45) is -0.622. The first kappa shape index (κ1) is 34.3. The Morgan fingerprint density at radius 1 is 1.22 bits per heavy atom. The Bertz CT molecular complexity index is 1750. The zero-order valence-corrected chi connectivity index (χ0v) is 23.2. The molecule has 4 aromatic rings. The maximum Gasteiger partial charge on any atom is 0.419 e. The number of ether oxygens (including phenoxy) is 1. The van der Waals surface area contributed by atoms with E-state index in [0.29, 0.717) is 18.4 Å². The number of carbonyl (C=O) groups is 3. The predicted molar refractivity (Wildman–Crippen MR) is 154 cm³/mol. The fraction of sp³-hybridized carbons (Fsp3) is 0.267. The molecule has 4 N–H and O–H groups in total. The van der Waals surface area contributed by atoms with Gasteiger partial charge in [0.05, 0.1) is 17.2 Å². The molecule has 0 spiro atoms. The number of aromatic carboxylic acids is 1. The van der Waals surface area contributed by atoms with Crippen LogP contribution in [-0.4, -0.2) is 49.1 Å². The van der Waals surface area contributed by atoms with Crippen molar-refractivity contribution >= 4 is 23.6 Å². The van der Waals surface area contributed by atoms with Crippen LogP contribution in [-0.2, 0) is 23.9 Å². The molecule has 45 heavy (non-hydrogen) atoms. The van der Waals surface area contributed by atoms with Gasteiger partial charge in [0.2, 0.25) is 0 Å². The summed E-state index contributed by atoms with van der Waals surface area (Å²) in [5.41, 5.74) is 7.04. The molecule has 1 amide bonds. The van der Waals surface area contributed by atoms with Crippen LogP contribution in [0.2, 0.25) is 0 Å². The number of hydrogen-bond acceptors (Lipinski definition) is 8. The van der Waals surface area contributed by atoms with Crippen molar-refractivity contribution in [3.8, 4) is 0 Å². The van der Waals surface area contributed by atoms with E-state index in [9.17, 15) is 37.1 Å². The number of nitrogens with zero attached hydrogens (tertiary/aromatic N) is 4. The molecule has 1 aliphatic carbocycles. The number of halogens is 4. The fourth-order valence-electron chi connectivity index (χ4n) is 4.70. The second kappa shape index (κ2) is 14.1. The lowest BCUT2D eigenvalue weighted by molar-refractivity contribution is -0.140. The highest BCUT2D eigenvalue weighted by molar-refractivity contribution is 5.96. The van der Waals surface area contributed by atoms with Gasteiger partial charge in [0, 0.05) is 12.6 Å². The van der Waals surface area contributed by atoms with Crippen molar-refractivity contribution in [1.82, 2.24) is 24.9 Å². The van der Waals surface area contributed by atoms with Crippen molar-refractivity contribution in [2.45, 2.75) is 46.0 Å². The number of carboxylic acid groups (broad SMARTS) is 1. The van der Waals surface area contributed by atoms with E-state index in [4.69, 9.17) is 10.5 Å². The van der Waals surface area contributed by atoms with Crippen LogP contribution in [0.1, 0.15) is 79.0 Å². The summed E-state index contributed by atoms with van der Waals surface area (Å²) in [4.78, 5) is 44.3. The summed E-state index contributed by atoms with van der Waals surface area (Å²) in [6, 6.07) is 7.09. The second-order valence-electron chi connectivity index (χ2n) is 9.58. The zero-order chi connectivity index (χ0) is 32.2. The molecule has 0 bridgehead atoms. The molecule has 1 aliphatic rings. The van der Waals surface area contributed by atoms with Crippen molar-refractivity contribution in [1.29, 1.82) is 0 Å². The monoisotopic (exact) mass is 630 g/mol. The molecule has 238 valence electrons. The molecule has 5 rings (SSSR count). The molecule has 2 aromatic heterocycles. The quantitative estimate of drug-likeness (QED) is 0.148. The number of rotatable bonds is 7. The van der Waals surface area contributed by atoms with E-state index in [0.717, 1.165) is 28.8 Å². The van der Waals surface area contributed by atoms with Gasteiger partial charge in [0.25, 0.3) is 11.7 Å². The molecular weight excluding hydrogens is 600 g/mol. The Morgan fingerprint density at radius 2 is 1.96 bits per heavy atom. The van der Waals surface area contributed by atoms with E-state index >= 15 is 0 Å². The van der Waals surface area contributed by atoms with Crippen molar-refractivity contribution in [3.05, 3.63) is 106 Å². The number of amides is 1. The number of alkyl halides is 3. The molecule has 2 heterocycles. The van der Waals surface area contributed by atoms with Crippen LogP contribution < -0.4 is 11.1 Å². The molecule has 1 atom stereocenters. The van der Waals surface area contributed by atoms with Crippen LogP contribution >= 0.6 is 0 Å². The summed E-state index contributed by atoms with van der Waals surface area (Å²) in [6.45, 7) is 5.49. The van der Waals surface area contributed by atoms with Gasteiger partial charge in [-0.15, -0.1) is 0 Å². The molecule has 15 heteroatoms. The maximum atomic E-state index is 13.0. The van der Waals surface area contributed by atoms with Crippen molar-refractivity contribution in [3.63, 3.8) is 0 Å². The minimum absolute atomic E-state index is 0. The maximum absolute atomic E-state index is 13.0. The Labute approximate surface area is 254 Å². The van der Waals surface area contributed by atoms with Gasteiger partial charge in [-0.1, -0.05) is 32.2 Å². The van der Waals surface area contributed by atoms with Crippen LogP contribution in [0.15, 0.2) is 55.4 Å². The number of nitrogens with one attached hydrogen (secondary N) is 1. The van der Waals surface area contributed by atoms with Gasteiger partial charge >= 0.3 is 18.1 Å². The third-order valence-corrected chi connectivity index (χ3v) is 6.83. The normalized spacial score (nSPS) is 13.6. The van der Waals surface area contributed by atoms with E-state index < -0.39 is 35.4 Å². The van der Waals surface area contributed by atoms with Gasteiger partial charge in [-0.25, -0.2) is 19.0 Å². The van der Waals surface area contributed by atoms with Crippen LogP contribution in [0.4, 0.5) is 17.6 Å². The summed E-state index contributed by atoms with van der Waals surface area (Å²) in [5, 5.41) is 16.2. The van der Waals surface area contributed by atoms with E-state index in [1.807, 2.05) is 13.0 Å². The Balaban J connectivity index is 0.000000333. The Kier molecular flexibility index (Phi) is 10.7. The molecule has 0 radical (unpaired) electrons. The first-order chi connectivity index (χ1) is 20.8. The van der Waals surface area contributed by atoms with E-state index in [1.165, 1.54) is 29.1 Å². The number of esters is 1. The second-order valence-corrected chi connectivity index (χ2v) is 9.58. The minimum Gasteiger partial charge on any atom is -0.477 e. The highest BCUT2D eigenvalue weighted by Crippen LogP contribution is 2.35. The zero-order valence-electron chi connectivity index (χ0n) is 23.2. The summed E-state index contributed by atoms with van der Waals surface area (Å²) in [5.74, 6) is -3.43. The van der Waals surface area contributed by atoms with Gasteiger partial charge in [0.15, 0.2) is 5.69 Å². The SMILES string of the molecule is C.C=CCOC(=O)c1ccc2c(c1C)CC[C@@H]2NC(=O)c1cc(C(=O)O)nc2ncnn12.NCc1ccc(F)c(C(F)(F)F)c1. The first-order valence-corrected chi connectivity index (χ1v) is 13.1. The number of nitrogens with two attached hydrogens (primary N) is 1. The predicted octanol–water partition coefficient (Wildman–Crippen LogP) is 4.83. The lowest BCUT2D eigenvalue weighted by Gasteiger charge is -2.16. The van der Waals surface area contributed by atoms with Crippen LogP contribution in [0, 0.1) is 12.7 Å². The third kappa shape index (κ3) is 7.49. The average Bonchev–Trinajstić information content (AvgIpc) is 3.63. The van der Waals surface area contributed by atoms with Crippen molar-refractivity contribution < 1.29 is 41.8 Å². The fourth-order valence-corrected chi connectivity index (χ4v) is 4.70. The smallest absolute Gasteiger partial charge is 0.419 e. The van der Waals surface area contributed by atoms with E-state index in [1.54, 1.807) is 6.07 Å². The molecule has 0 saturated heterocycles. The lowest BCUT2D eigenvalue weighted by Crippen LogP contribution is -2.29. The average molecular weight is 631 g/mol. The first-order valence-electron chi connectivity index (χ1n) is 13.1. The van der Waals surface area contributed by atoms with Crippen LogP contribution in [0.3, 0.4) is 0 Å². The summed E-state index contributed by atoms with van der Waals surface area (Å²) < 4.78 is 55.2. The Morgan fingerprint density at radius 3 is 2.60 bits per heavy atom. The topological polar surface area (TPSA) is 162 Å². The molecule has 2 aromatic carbocycles. The van der Waals surface area contributed by atoms with Gasteiger partial charge < -0.3 is 20.9 Å². The molecular formula is C30H30F4N6O5. The largest absolute Gasteiger partial charge is 0.477 e. The van der Waals surface area contributed by atoms with Gasteiger partial charge in [-0.2, -0.15) is 27.8 Å². The van der Waals surface area contributed by atoms with E-state index in [2.05, 4.69) is 27.0 Å². The number of aromatic nitrogens is 4. The molecule has 0 saturated carbocycles. The number of carboxylic acids is 1. The molecule has 0 fully saturated rings. The third-order valence-electron chi connectivity index (χ3n) is 6.83. The van der Waals surface area contributed by atoms with Gasteiger partial charge in [-0.3, -0.25) is 4.79 Å². The number of hydrogen-bond donors (Lipinski definition) is 3. The Hall–Kier alpha value is -5.18. The van der Waals surface area contributed by atoms with Crippen molar-refractivity contribution in [2.75, 3.05) is 6.61 Å². The van der Waals surface area contributed by atoms with Crippen molar-refractivity contribution in [2.24, 2.45) is 5.73 Å². The van der Waals surface area contributed by atoms with Crippen LogP contribution in [0.25, 0.3) is 5.78 Å². The standard InChI is InChI=1S/C21H19N5O5.C8H7F4N.CH4/c1-3-8-31-20(30)13-4-5-14-12(11(13)2)6-7-15(14)24-18(27)17-9-16(19(28)29)25-21-22-10-23-26(17)21;9-7-2-1-5(4-13)3-6(7)8(10,11)12;/h3-5,9-10,15H,1,6-8H2,2H3,(H,24,27)(H,28,29);1-3H,4,13H2;1H4/t15-;;/m0../s1. The van der Waals surface area contributed by atoms with Gasteiger partial charge in [-0.05, 0) is 60.2 Å². The van der Waals surface area contributed by atoms with E-state index in [-0.39, 0.29) is 49.3 Å². The van der Waals surface area contributed by atoms with Crippen LogP contribution in [0.5, 0.6) is 0 Å². The lowest BCUT2D eigenvalue weighted by atomic mass is 9.98. The highest BCUT2D eigenvalue weighted by Gasteiger charge is 2.34. The number of benzene rings is 2. The summed E-state index contributed by atoms with van der Waals surface area (Å²) in [7, 11) is 0. The molecule has 11 nitrogen and oxygen atoms in total. The summed E-state index contributed by atoms with van der Waals surface area (Å²) >= 11 is 0. The highest BCUT2D eigenvalue weighted by atomic mass is 19.4. The molecule has 0 unspecified atom stereocenters. The number of carbonyl (C=O) groups excluding carboxylic acids is 2. The minimum atomic E-state index is -4.66. The number of fused-ring (bicyclic) bond motifs is 2.